The third-order valence-corrected chi connectivity index (χ3v) is 4.80. The quantitative estimate of drug-likeness (QED) is 0.854. The van der Waals surface area contributed by atoms with Gasteiger partial charge >= 0.3 is 6.03 Å². The average Bonchev–Trinajstić information content (AvgIpc) is 2.36. The van der Waals surface area contributed by atoms with Crippen LogP contribution in [0.2, 0.25) is 5.02 Å². The first-order valence-corrected chi connectivity index (χ1v) is 7.29. The van der Waals surface area contributed by atoms with E-state index < -0.39 is 29.3 Å². The predicted octanol–water partition coefficient (Wildman–Crippen LogP) is 2.65. The summed E-state index contributed by atoms with van der Waals surface area (Å²) < 4.78 is 0. The molecule has 1 N–H and O–H groups in total. The maximum atomic E-state index is 12.7. The first-order valence-electron chi connectivity index (χ1n) is 6.91. The molecule has 1 aliphatic carbocycles. The number of carbonyl (C=O) groups is 3. The Bertz CT molecular complexity index is 640. The molecule has 5 nitrogen and oxygen atoms in total. The molecule has 3 rings (SSSR count). The Kier molecular flexibility index (Phi) is 3.24. The van der Waals surface area contributed by atoms with Gasteiger partial charge in [0.25, 0.3) is 0 Å². The molecule has 1 aliphatic heterocycles. The highest BCUT2D eigenvalue weighted by atomic mass is 35.5. The smallest absolute Gasteiger partial charge is 0.277 e. The fourth-order valence-electron chi connectivity index (χ4n) is 2.97. The molecule has 6 heteroatoms. The Balaban J connectivity index is 1.97. The molecule has 2 fully saturated rings. The number of urea groups is 1. The van der Waals surface area contributed by atoms with E-state index >= 15 is 0 Å². The summed E-state index contributed by atoms with van der Waals surface area (Å²) in [5, 5.41) is 2.80. The van der Waals surface area contributed by atoms with Gasteiger partial charge in [-0.3, -0.25) is 19.8 Å². The molecule has 2 aliphatic rings. The molecule has 110 valence electrons. The number of nitrogens with one attached hydrogen (secondary N) is 1. The lowest BCUT2D eigenvalue weighted by molar-refractivity contribution is -0.159. The third kappa shape index (κ3) is 1.95. The SMILES string of the molecule is CC(c1ccccc1Cl)N1C(=O)NC(=O)C2(CCC2)C1=O. The second-order valence-corrected chi connectivity index (χ2v) is 5.97. The normalized spacial score (nSPS) is 22.0. The number of amides is 4. The molecule has 4 amide bonds. The molecular weight excluding hydrogens is 292 g/mol. The van der Waals surface area contributed by atoms with E-state index in [0.29, 0.717) is 23.4 Å². The summed E-state index contributed by atoms with van der Waals surface area (Å²) in [7, 11) is 0. The van der Waals surface area contributed by atoms with E-state index in [1.54, 1.807) is 31.2 Å². The van der Waals surface area contributed by atoms with Crippen LogP contribution in [0.3, 0.4) is 0 Å². The van der Waals surface area contributed by atoms with Crippen molar-refractivity contribution in [2.45, 2.75) is 32.2 Å². The van der Waals surface area contributed by atoms with Crippen molar-refractivity contribution in [3.05, 3.63) is 34.9 Å². The number of halogens is 1. The van der Waals surface area contributed by atoms with Crippen molar-refractivity contribution >= 4 is 29.4 Å². The van der Waals surface area contributed by atoms with Crippen LogP contribution in [0.4, 0.5) is 4.79 Å². The van der Waals surface area contributed by atoms with Crippen LogP contribution in [0.5, 0.6) is 0 Å². The standard InChI is InChI=1S/C15H15ClN2O3/c1-9(10-5-2-3-6-11(10)16)18-13(20)15(7-4-8-15)12(19)17-14(18)21/h2-3,5-6,9H,4,7-8H2,1H3,(H,17,19,21). The van der Waals surface area contributed by atoms with Gasteiger partial charge in [-0.25, -0.2) is 4.79 Å². The summed E-state index contributed by atoms with van der Waals surface area (Å²) in [6.45, 7) is 1.74. The van der Waals surface area contributed by atoms with Crippen LogP contribution < -0.4 is 5.32 Å². The second kappa shape index (κ2) is 4.84. The van der Waals surface area contributed by atoms with Gasteiger partial charge < -0.3 is 0 Å². The van der Waals surface area contributed by atoms with Gasteiger partial charge in [0, 0.05) is 5.02 Å². The molecule has 21 heavy (non-hydrogen) atoms. The highest BCUT2D eigenvalue weighted by molar-refractivity contribution is 6.31. The Morgan fingerprint density at radius 3 is 2.48 bits per heavy atom. The lowest BCUT2D eigenvalue weighted by Gasteiger charge is -2.46. The monoisotopic (exact) mass is 306 g/mol. The molecule has 1 spiro atoms. The van der Waals surface area contributed by atoms with Crippen LogP contribution in [0.25, 0.3) is 0 Å². The van der Waals surface area contributed by atoms with Gasteiger partial charge in [0.05, 0.1) is 6.04 Å². The summed E-state index contributed by atoms with van der Waals surface area (Å²) in [5.41, 5.74) is -0.366. The minimum absolute atomic E-state index is 0.407. The number of hydrogen-bond acceptors (Lipinski definition) is 3. The van der Waals surface area contributed by atoms with Crippen molar-refractivity contribution in [2.24, 2.45) is 5.41 Å². The Morgan fingerprint density at radius 1 is 1.24 bits per heavy atom. The van der Waals surface area contributed by atoms with Gasteiger partial charge in [0.15, 0.2) is 0 Å². The number of barbiturate groups is 1. The van der Waals surface area contributed by atoms with Crippen LogP contribution >= 0.6 is 11.6 Å². The van der Waals surface area contributed by atoms with Crippen LogP contribution in [-0.4, -0.2) is 22.7 Å². The van der Waals surface area contributed by atoms with Crippen molar-refractivity contribution in [2.75, 3.05) is 0 Å². The fraction of sp³-hybridized carbons (Fsp3) is 0.400. The van der Waals surface area contributed by atoms with E-state index in [1.165, 1.54) is 0 Å². The van der Waals surface area contributed by atoms with Gasteiger partial charge in [-0.1, -0.05) is 36.2 Å². The zero-order chi connectivity index (χ0) is 15.2. The van der Waals surface area contributed by atoms with Crippen LogP contribution in [-0.2, 0) is 9.59 Å². The average molecular weight is 307 g/mol. The van der Waals surface area contributed by atoms with Gasteiger partial charge in [-0.05, 0) is 31.4 Å². The van der Waals surface area contributed by atoms with Crippen molar-refractivity contribution in [1.82, 2.24) is 10.2 Å². The van der Waals surface area contributed by atoms with Gasteiger partial charge in [0.1, 0.15) is 5.41 Å². The van der Waals surface area contributed by atoms with Crippen molar-refractivity contribution in [3.8, 4) is 0 Å². The highest BCUT2D eigenvalue weighted by Gasteiger charge is 2.58. The number of benzene rings is 1. The number of rotatable bonds is 2. The van der Waals surface area contributed by atoms with Gasteiger partial charge in [-0.2, -0.15) is 0 Å². The maximum absolute atomic E-state index is 12.7. The molecule has 1 aromatic carbocycles. The first kappa shape index (κ1) is 14.1. The number of carbonyl (C=O) groups excluding carboxylic acids is 3. The lowest BCUT2D eigenvalue weighted by atomic mass is 9.66. The van der Waals surface area contributed by atoms with Gasteiger partial charge in [0.2, 0.25) is 11.8 Å². The van der Waals surface area contributed by atoms with E-state index in [-0.39, 0.29) is 0 Å². The number of hydrogen-bond donors (Lipinski definition) is 1. The van der Waals surface area contributed by atoms with E-state index in [1.807, 2.05) is 0 Å². The molecule has 0 radical (unpaired) electrons. The van der Waals surface area contributed by atoms with Gasteiger partial charge in [-0.15, -0.1) is 0 Å². The zero-order valence-electron chi connectivity index (χ0n) is 11.6. The third-order valence-electron chi connectivity index (χ3n) is 4.45. The molecule has 0 bridgehead atoms. The molecular formula is C15H15ClN2O3. The van der Waals surface area contributed by atoms with Crippen molar-refractivity contribution in [1.29, 1.82) is 0 Å². The Labute approximate surface area is 127 Å². The van der Waals surface area contributed by atoms with Crippen molar-refractivity contribution < 1.29 is 14.4 Å². The summed E-state index contributed by atoms with van der Waals surface area (Å²) >= 11 is 6.14. The summed E-state index contributed by atoms with van der Waals surface area (Å²) in [6.07, 6.45) is 1.81. The minimum Gasteiger partial charge on any atom is -0.277 e. The molecule has 1 unspecified atom stereocenters. The number of imide groups is 2. The van der Waals surface area contributed by atoms with Crippen LogP contribution in [0, 0.1) is 5.41 Å². The maximum Gasteiger partial charge on any atom is 0.331 e. The zero-order valence-corrected chi connectivity index (χ0v) is 12.3. The van der Waals surface area contributed by atoms with E-state index in [4.69, 9.17) is 11.6 Å². The lowest BCUT2D eigenvalue weighted by Crippen LogP contribution is -2.66. The van der Waals surface area contributed by atoms with E-state index in [0.717, 1.165) is 11.3 Å². The Morgan fingerprint density at radius 2 is 1.90 bits per heavy atom. The first-order chi connectivity index (χ1) is 9.97. The molecule has 1 heterocycles. The predicted molar refractivity (Wildman–Crippen MR) is 76.5 cm³/mol. The number of nitrogens with zero attached hydrogens (tertiary/aromatic N) is 1. The van der Waals surface area contributed by atoms with Crippen molar-refractivity contribution in [3.63, 3.8) is 0 Å². The summed E-state index contributed by atoms with van der Waals surface area (Å²) in [6, 6.07) is 5.88. The minimum atomic E-state index is -1.05. The fourth-order valence-corrected chi connectivity index (χ4v) is 3.27. The molecule has 0 aromatic heterocycles. The van der Waals surface area contributed by atoms with Crippen LogP contribution in [0.1, 0.15) is 37.8 Å². The molecule has 1 aromatic rings. The van der Waals surface area contributed by atoms with E-state index in [9.17, 15) is 14.4 Å². The largest absolute Gasteiger partial charge is 0.331 e. The topological polar surface area (TPSA) is 66.5 Å². The molecule has 1 saturated carbocycles. The van der Waals surface area contributed by atoms with E-state index in [2.05, 4.69) is 5.32 Å². The molecule has 1 saturated heterocycles. The van der Waals surface area contributed by atoms with Crippen LogP contribution in [0.15, 0.2) is 24.3 Å². The Hall–Kier alpha value is -1.88. The molecule has 1 atom stereocenters. The summed E-state index contributed by atoms with van der Waals surface area (Å²) in [5.74, 6) is -0.874. The second-order valence-electron chi connectivity index (χ2n) is 5.57. The summed E-state index contributed by atoms with van der Waals surface area (Å²) in [4.78, 5) is 37.9. The highest BCUT2D eigenvalue weighted by Crippen LogP contribution is 2.46.